The van der Waals surface area contributed by atoms with Gasteiger partial charge in [0.05, 0.1) is 0 Å². The number of hydrogen-bond donors (Lipinski definition) is 8. The van der Waals surface area contributed by atoms with Crippen LogP contribution in [0.2, 0.25) is 0 Å². The van der Waals surface area contributed by atoms with E-state index in [9.17, 15) is 40.9 Å². The number of aryl methyl sites for hydroxylation is 8. The Bertz CT molecular complexity index is 4280. The van der Waals surface area contributed by atoms with E-state index in [-0.39, 0.29) is 49.2 Å². The monoisotopic (exact) mass is 1530 g/mol. The zero-order chi connectivity index (χ0) is 83.4. The largest absolute Gasteiger partial charge is 0.508 e. The van der Waals surface area contributed by atoms with Crippen molar-refractivity contribution in [2.24, 2.45) is 0 Å². The molecule has 8 nitrogen and oxygen atoms in total. The minimum Gasteiger partial charge on any atom is -0.508 e. The predicted molar refractivity (Wildman–Crippen MR) is 472 cm³/mol. The van der Waals surface area contributed by atoms with Crippen LogP contribution in [0.25, 0.3) is 0 Å². The van der Waals surface area contributed by atoms with Gasteiger partial charge in [0.2, 0.25) is 0 Å². The molecule has 8 aromatic carbocycles. The summed E-state index contributed by atoms with van der Waals surface area (Å²) in [5.41, 5.74) is 22.8. The molecule has 2 aliphatic carbocycles. The molecule has 0 atom stereocenters. The van der Waals surface area contributed by atoms with E-state index in [1.165, 1.54) is 71.9 Å². The van der Waals surface area contributed by atoms with Crippen LogP contribution in [-0.4, -0.2) is 40.9 Å². The molecule has 0 amide bonds. The SMILES string of the molecule is CCCC(c1cc(C(C)(C)C)c(O)cc1C)c1cc(C(C)(C)C)c(O)cc1C.CCc1cc(Cc2cc(CC)cc(C(C)(C)C)c2O)c(O)c(C(C)(C)C)c1.Cc1cc(Cc2cc(C)cc(C3(C)CCCCC3)c2O)c(O)c(C2(C)CCCCC2)c1.Cc1cc(O)c(C(C)(C)C)cc1Sc1cc(C(C)(C)C)c(O)cc1C. The number of phenolic OH excluding ortho intramolecular Hbond substituents is 8. The van der Waals surface area contributed by atoms with Crippen molar-refractivity contribution in [2.45, 2.75) is 363 Å². The van der Waals surface area contributed by atoms with Crippen molar-refractivity contribution in [1.29, 1.82) is 0 Å². The fraction of sp³-hybridized carbons (Fsp3) is 0.529. The van der Waals surface area contributed by atoms with Gasteiger partial charge in [0.1, 0.15) is 46.0 Å². The fourth-order valence-electron chi connectivity index (χ4n) is 16.9. The van der Waals surface area contributed by atoms with Crippen molar-refractivity contribution >= 4 is 11.8 Å². The molecule has 8 aromatic rings. The van der Waals surface area contributed by atoms with E-state index in [4.69, 9.17) is 0 Å². The van der Waals surface area contributed by atoms with Crippen LogP contribution in [0.3, 0.4) is 0 Å². The molecule has 0 spiro atoms. The van der Waals surface area contributed by atoms with Gasteiger partial charge in [-0.05, 0) is 255 Å². The molecule has 0 heterocycles. The van der Waals surface area contributed by atoms with E-state index in [1.54, 1.807) is 11.8 Å². The number of rotatable bonds is 14. The Labute approximate surface area is 676 Å². The standard InChI is InChI=1S/C29H40O2.C26H38O2.C25H36O2.C22H30O2S/c1-20-15-22(26(30)24(17-20)28(3)11-7-5-8-12-28)19-23-16-21(2)18-25(27(23)31)29(4)13-9-6-10-14-29;1-10-11-18(19-14-21(25(4,5)6)23(27)12-16(19)2)20-15-22(26(7,8)9)24(28)13-17(20)3;1-9-16-11-18(22(26)20(13-16)24(3,4)5)15-19-12-17(10-2)14-21(23(19)27)25(6,7)8;1-13-9-17(23)15(21(3,4)5)11-19(13)25-20-12-16(22(6,7)8)18(24)10-14(20)2/h15-18,30-31H,5-14,19H2,1-4H3;12-15,18,27-28H,10-11H2,1-9H3;11-14,26-27H,9-10,15H2,1-8H3;9-12,23-24H,1-8H3. The van der Waals surface area contributed by atoms with Crippen molar-refractivity contribution in [3.63, 3.8) is 0 Å². The Morgan fingerprint density at radius 1 is 0.324 bits per heavy atom. The van der Waals surface area contributed by atoms with Crippen molar-refractivity contribution in [2.75, 3.05) is 0 Å². The van der Waals surface area contributed by atoms with E-state index in [0.29, 0.717) is 58.8 Å². The van der Waals surface area contributed by atoms with Gasteiger partial charge in [-0.3, -0.25) is 0 Å². The molecule has 0 unspecified atom stereocenters. The quantitative estimate of drug-likeness (QED) is 0.0530. The Morgan fingerprint density at radius 3 is 0.883 bits per heavy atom. The molecule has 0 radical (unpaired) electrons. The van der Waals surface area contributed by atoms with Gasteiger partial charge >= 0.3 is 0 Å². The first kappa shape index (κ1) is 90.7. The zero-order valence-electron chi connectivity index (χ0n) is 74.1. The van der Waals surface area contributed by atoms with Crippen LogP contribution in [-0.2, 0) is 69.0 Å². The molecular formula is C102H144O8S. The Hall–Kier alpha value is -7.49. The first-order valence-corrected chi connectivity index (χ1v) is 42.4. The second kappa shape index (κ2) is 35.5. The second-order valence-electron chi connectivity index (χ2n) is 39.9. The molecule has 0 aromatic heterocycles. The lowest BCUT2D eigenvalue weighted by atomic mass is 9.69. The highest BCUT2D eigenvalue weighted by atomic mass is 32.2. The van der Waals surface area contributed by atoms with Crippen molar-refractivity contribution < 1.29 is 40.9 Å². The first-order valence-electron chi connectivity index (χ1n) is 41.6. The zero-order valence-corrected chi connectivity index (χ0v) is 74.9. The topological polar surface area (TPSA) is 162 Å². The summed E-state index contributed by atoms with van der Waals surface area (Å²) in [5.74, 6) is 3.32. The number of hydrogen-bond acceptors (Lipinski definition) is 9. The van der Waals surface area contributed by atoms with E-state index >= 15 is 0 Å². The van der Waals surface area contributed by atoms with Gasteiger partial charge < -0.3 is 40.9 Å². The van der Waals surface area contributed by atoms with Crippen LogP contribution in [0.1, 0.15) is 365 Å². The molecule has 111 heavy (non-hydrogen) atoms. The van der Waals surface area contributed by atoms with Gasteiger partial charge in [-0.15, -0.1) is 0 Å². The summed E-state index contributed by atoms with van der Waals surface area (Å²) >= 11 is 1.70. The summed E-state index contributed by atoms with van der Waals surface area (Å²) < 4.78 is 0. The summed E-state index contributed by atoms with van der Waals surface area (Å²) in [5, 5.41) is 86.3. The number of aromatic hydroxyl groups is 8. The van der Waals surface area contributed by atoms with E-state index < -0.39 is 0 Å². The molecule has 8 N–H and O–H groups in total. The van der Waals surface area contributed by atoms with Crippen LogP contribution in [0.5, 0.6) is 46.0 Å². The van der Waals surface area contributed by atoms with Crippen molar-refractivity contribution in [1.82, 2.24) is 0 Å². The normalized spacial score (nSPS) is 14.8. The molecule has 0 bridgehead atoms. The Kier molecular flexibility index (Phi) is 29.0. The van der Waals surface area contributed by atoms with E-state index in [1.807, 2.05) is 38.1 Å². The summed E-state index contributed by atoms with van der Waals surface area (Å²) in [6.07, 6.45) is 17.2. The molecule has 2 saturated carbocycles. The molecule has 2 fully saturated rings. The van der Waals surface area contributed by atoms with E-state index in [2.05, 4.69) is 260 Å². The predicted octanol–water partition coefficient (Wildman–Crippen LogP) is 27.9. The lowest BCUT2D eigenvalue weighted by Crippen LogP contribution is -2.26. The fourth-order valence-corrected chi connectivity index (χ4v) is 17.9. The third-order valence-corrected chi connectivity index (χ3v) is 25.0. The number of phenols is 8. The second-order valence-corrected chi connectivity index (χ2v) is 41.0. The van der Waals surface area contributed by atoms with Crippen LogP contribution in [0.15, 0.2) is 107 Å². The van der Waals surface area contributed by atoms with Gasteiger partial charge in [-0.1, -0.05) is 288 Å². The summed E-state index contributed by atoms with van der Waals surface area (Å²) in [7, 11) is 0. The molecular weight excluding hydrogens is 1390 g/mol. The van der Waals surface area contributed by atoms with Crippen molar-refractivity contribution in [3.8, 4) is 46.0 Å². The van der Waals surface area contributed by atoms with E-state index in [0.717, 1.165) is 150 Å². The minimum atomic E-state index is -0.131. The maximum Gasteiger partial charge on any atom is 0.122 e. The molecule has 606 valence electrons. The molecule has 2 aliphatic rings. The average molecular weight is 1530 g/mol. The summed E-state index contributed by atoms with van der Waals surface area (Å²) in [4.78, 5) is 2.27. The lowest BCUT2D eigenvalue weighted by Gasteiger charge is -2.36. The molecule has 10 rings (SSSR count). The van der Waals surface area contributed by atoms with Gasteiger partial charge in [-0.25, -0.2) is 0 Å². The van der Waals surface area contributed by atoms with Crippen LogP contribution >= 0.6 is 11.8 Å². The smallest absolute Gasteiger partial charge is 0.122 e. The first-order chi connectivity index (χ1) is 51.2. The average Bonchev–Trinajstić information content (AvgIpc) is 0.758. The lowest BCUT2D eigenvalue weighted by molar-refractivity contribution is 0.306. The number of benzene rings is 8. The highest BCUT2D eigenvalue weighted by Gasteiger charge is 2.36. The Balaban J connectivity index is 0.000000206. The molecule has 0 saturated heterocycles. The van der Waals surface area contributed by atoms with Gasteiger partial charge in [-0.2, -0.15) is 0 Å². The highest BCUT2D eigenvalue weighted by molar-refractivity contribution is 7.99. The van der Waals surface area contributed by atoms with Crippen molar-refractivity contribution in [3.05, 3.63) is 219 Å². The minimum absolute atomic E-state index is 0.0541. The third-order valence-electron chi connectivity index (χ3n) is 23.7. The summed E-state index contributed by atoms with van der Waals surface area (Å²) in [6.45, 7) is 61.8. The molecule has 0 aliphatic heterocycles. The molecule has 9 heteroatoms. The van der Waals surface area contributed by atoms with Crippen LogP contribution in [0, 0.1) is 41.5 Å². The van der Waals surface area contributed by atoms with Gasteiger partial charge in [0.15, 0.2) is 0 Å². The van der Waals surface area contributed by atoms with Crippen LogP contribution < -0.4 is 0 Å². The summed E-state index contributed by atoms with van der Waals surface area (Å²) in [6, 6.07) is 33.1. The maximum atomic E-state index is 11.3. The third kappa shape index (κ3) is 22.3. The van der Waals surface area contributed by atoms with Crippen LogP contribution in [0.4, 0.5) is 0 Å². The maximum absolute atomic E-state index is 11.3. The van der Waals surface area contributed by atoms with Gasteiger partial charge in [0, 0.05) is 50.8 Å². The van der Waals surface area contributed by atoms with Gasteiger partial charge in [0.25, 0.3) is 0 Å². The Morgan fingerprint density at radius 2 is 0.604 bits per heavy atom. The highest BCUT2D eigenvalue weighted by Crippen LogP contribution is 2.50.